The number of pyridine rings is 1. The predicted octanol–water partition coefficient (Wildman–Crippen LogP) is 4.85. The molecule has 0 aliphatic heterocycles. The fourth-order valence-electron chi connectivity index (χ4n) is 3.06. The Morgan fingerprint density at radius 2 is 1.97 bits per heavy atom. The summed E-state index contributed by atoms with van der Waals surface area (Å²) >= 11 is 1.47. The summed E-state index contributed by atoms with van der Waals surface area (Å²) in [6.45, 7) is 8.06. The lowest BCUT2D eigenvalue weighted by Gasteiger charge is -2.27. The van der Waals surface area contributed by atoms with Gasteiger partial charge in [-0.3, -0.25) is 9.78 Å². The number of carbonyl (C=O) groups is 2. The largest absolute Gasteiger partial charge is 0.444 e. The highest BCUT2D eigenvalue weighted by atomic mass is 32.1. The number of alkyl carbamates (subject to hydrolysis) is 1. The number of nitrogens with one attached hydrogen (secondary N) is 1. The highest BCUT2D eigenvalue weighted by Crippen LogP contribution is 2.26. The third-order valence-corrected chi connectivity index (χ3v) is 5.38. The number of amides is 2. The molecule has 1 aromatic carbocycles. The van der Waals surface area contributed by atoms with E-state index in [2.05, 4.69) is 10.3 Å². The fraction of sp³-hybridized carbons (Fsp3) is 0.348. The first-order valence-electron chi connectivity index (χ1n) is 9.87. The Balaban J connectivity index is 1.77. The Hall–Kier alpha value is -2.93. The first kappa shape index (κ1) is 21.8. The second kappa shape index (κ2) is 9.26. The third kappa shape index (κ3) is 6.03. The van der Waals surface area contributed by atoms with Gasteiger partial charge in [-0.15, -0.1) is 11.3 Å². The van der Waals surface area contributed by atoms with Crippen LogP contribution in [-0.2, 0) is 11.3 Å². The average molecular weight is 426 g/mol. The molecule has 1 atom stereocenters. The number of rotatable bonds is 6. The van der Waals surface area contributed by atoms with Gasteiger partial charge in [0.05, 0.1) is 4.88 Å². The van der Waals surface area contributed by atoms with Crippen molar-refractivity contribution in [3.63, 3.8) is 0 Å². The molecule has 158 valence electrons. The van der Waals surface area contributed by atoms with Crippen molar-refractivity contribution in [2.24, 2.45) is 0 Å². The van der Waals surface area contributed by atoms with Crippen LogP contribution in [0.2, 0.25) is 0 Å². The maximum Gasteiger partial charge on any atom is 0.407 e. The molecule has 2 amide bonds. The van der Waals surface area contributed by atoms with E-state index in [1.165, 1.54) is 11.3 Å². The van der Waals surface area contributed by atoms with E-state index in [4.69, 9.17) is 4.74 Å². The van der Waals surface area contributed by atoms with E-state index in [9.17, 15) is 9.59 Å². The second-order valence-corrected chi connectivity index (χ2v) is 9.33. The van der Waals surface area contributed by atoms with Crippen LogP contribution in [-0.4, -0.2) is 40.1 Å². The summed E-state index contributed by atoms with van der Waals surface area (Å²) in [5.74, 6) is -0.0714. The smallest absolute Gasteiger partial charge is 0.407 e. The summed E-state index contributed by atoms with van der Waals surface area (Å²) in [6.07, 6.45) is 2.96. The standard InChI is InChI=1S/C23H27N3O3S/c1-16(25-22(28)29-23(2,3)4)14-26(15-17-8-7-11-24-13-17)21(27)20-12-18-9-5-6-10-19(18)30-20/h5-13,16H,14-15H2,1-4H3,(H,25,28)/t16-/m1/s1. The van der Waals surface area contributed by atoms with E-state index in [1.54, 1.807) is 17.3 Å². The Labute approximate surface area is 180 Å². The Morgan fingerprint density at radius 3 is 2.63 bits per heavy atom. The SMILES string of the molecule is C[C@H](CN(Cc1cccnc1)C(=O)c1cc2ccccc2s1)NC(=O)OC(C)(C)C. The van der Waals surface area contributed by atoms with E-state index in [1.807, 2.05) is 70.2 Å². The molecule has 3 rings (SSSR count). The van der Waals surface area contributed by atoms with Crippen molar-refractivity contribution in [3.05, 3.63) is 65.3 Å². The normalized spacial score (nSPS) is 12.4. The number of hydrogen-bond acceptors (Lipinski definition) is 5. The monoisotopic (exact) mass is 425 g/mol. The predicted molar refractivity (Wildman–Crippen MR) is 120 cm³/mol. The number of benzene rings is 1. The van der Waals surface area contributed by atoms with Gasteiger partial charge < -0.3 is 15.0 Å². The summed E-state index contributed by atoms with van der Waals surface area (Å²) in [6, 6.07) is 13.4. The van der Waals surface area contributed by atoms with Gasteiger partial charge in [0.2, 0.25) is 0 Å². The summed E-state index contributed by atoms with van der Waals surface area (Å²) in [7, 11) is 0. The van der Waals surface area contributed by atoms with E-state index >= 15 is 0 Å². The topological polar surface area (TPSA) is 71.5 Å². The van der Waals surface area contributed by atoms with Gasteiger partial charge in [0.15, 0.2) is 0 Å². The van der Waals surface area contributed by atoms with Crippen LogP contribution in [0.5, 0.6) is 0 Å². The van der Waals surface area contributed by atoms with Crippen LogP contribution in [0.25, 0.3) is 10.1 Å². The van der Waals surface area contributed by atoms with Gasteiger partial charge in [0.1, 0.15) is 5.60 Å². The number of fused-ring (bicyclic) bond motifs is 1. The molecule has 0 aliphatic rings. The van der Waals surface area contributed by atoms with Crippen LogP contribution in [0.4, 0.5) is 4.79 Å². The zero-order valence-electron chi connectivity index (χ0n) is 17.7. The van der Waals surface area contributed by atoms with Gasteiger partial charge in [0.25, 0.3) is 5.91 Å². The molecule has 3 aromatic rings. The lowest BCUT2D eigenvalue weighted by Crippen LogP contribution is -2.45. The quantitative estimate of drug-likeness (QED) is 0.613. The first-order chi connectivity index (χ1) is 14.2. The number of carbonyl (C=O) groups excluding carboxylic acids is 2. The third-order valence-electron chi connectivity index (χ3n) is 4.28. The maximum absolute atomic E-state index is 13.3. The Kier molecular flexibility index (Phi) is 6.72. The van der Waals surface area contributed by atoms with Crippen LogP contribution < -0.4 is 5.32 Å². The zero-order valence-corrected chi connectivity index (χ0v) is 18.5. The molecule has 0 unspecified atom stereocenters. The van der Waals surface area contributed by atoms with Gasteiger partial charge in [-0.2, -0.15) is 0 Å². The number of nitrogens with zero attached hydrogens (tertiary/aromatic N) is 2. The van der Waals surface area contributed by atoms with Crippen molar-refractivity contribution in [3.8, 4) is 0 Å². The Morgan fingerprint density at radius 1 is 1.20 bits per heavy atom. The van der Waals surface area contributed by atoms with Crippen molar-refractivity contribution >= 4 is 33.4 Å². The van der Waals surface area contributed by atoms with Crippen molar-refractivity contribution in [2.75, 3.05) is 6.54 Å². The van der Waals surface area contributed by atoms with Crippen molar-refractivity contribution in [1.29, 1.82) is 0 Å². The molecule has 1 N–H and O–H groups in total. The van der Waals surface area contributed by atoms with E-state index in [0.717, 1.165) is 15.6 Å². The van der Waals surface area contributed by atoms with E-state index in [0.29, 0.717) is 18.0 Å². The number of hydrogen-bond donors (Lipinski definition) is 1. The van der Waals surface area contributed by atoms with Gasteiger partial charge in [-0.05, 0) is 56.8 Å². The lowest BCUT2D eigenvalue weighted by molar-refractivity contribution is 0.0483. The average Bonchev–Trinajstić information content (AvgIpc) is 3.10. The van der Waals surface area contributed by atoms with Crippen molar-refractivity contribution in [2.45, 2.75) is 45.9 Å². The van der Waals surface area contributed by atoms with Gasteiger partial charge in [0, 0.05) is 36.2 Å². The molecule has 0 aliphatic carbocycles. The Bertz CT molecular complexity index is 978. The maximum atomic E-state index is 13.3. The number of ether oxygens (including phenoxy) is 1. The summed E-state index contributed by atoms with van der Waals surface area (Å²) in [4.78, 5) is 32.0. The summed E-state index contributed by atoms with van der Waals surface area (Å²) < 4.78 is 6.40. The molecule has 30 heavy (non-hydrogen) atoms. The van der Waals surface area contributed by atoms with Crippen molar-refractivity contribution in [1.82, 2.24) is 15.2 Å². The second-order valence-electron chi connectivity index (χ2n) is 8.24. The molecular weight excluding hydrogens is 398 g/mol. The molecule has 0 spiro atoms. The van der Waals surface area contributed by atoms with Crippen LogP contribution in [0, 0.1) is 0 Å². The molecule has 0 saturated carbocycles. The molecule has 6 nitrogen and oxygen atoms in total. The van der Waals surface area contributed by atoms with Gasteiger partial charge in [-0.25, -0.2) is 4.79 Å². The lowest BCUT2D eigenvalue weighted by atomic mass is 10.2. The van der Waals surface area contributed by atoms with Gasteiger partial charge >= 0.3 is 6.09 Å². The number of aromatic nitrogens is 1. The van der Waals surface area contributed by atoms with Crippen LogP contribution in [0.1, 0.15) is 42.9 Å². The molecule has 0 radical (unpaired) electrons. The first-order valence-corrected chi connectivity index (χ1v) is 10.7. The minimum atomic E-state index is -0.577. The van der Waals surface area contributed by atoms with Gasteiger partial charge in [-0.1, -0.05) is 24.3 Å². The highest BCUT2D eigenvalue weighted by Gasteiger charge is 2.23. The number of thiophene rings is 1. The fourth-order valence-corrected chi connectivity index (χ4v) is 4.09. The van der Waals surface area contributed by atoms with E-state index in [-0.39, 0.29) is 11.9 Å². The molecular formula is C23H27N3O3S. The van der Waals surface area contributed by atoms with Crippen LogP contribution >= 0.6 is 11.3 Å². The molecule has 7 heteroatoms. The minimum absolute atomic E-state index is 0.0714. The molecule has 0 fully saturated rings. The summed E-state index contributed by atoms with van der Waals surface area (Å²) in [5, 5.41) is 3.87. The van der Waals surface area contributed by atoms with Crippen LogP contribution in [0.15, 0.2) is 54.9 Å². The highest BCUT2D eigenvalue weighted by molar-refractivity contribution is 7.20. The molecule has 2 heterocycles. The molecule has 0 bridgehead atoms. The van der Waals surface area contributed by atoms with E-state index < -0.39 is 11.7 Å². The summed E-state index contributed by atoms with van der Waals surface area (Å²) in [5.41, 5.74) is 0.350. The molecule has 0 saturated heterocycles. The van der Waals surface area contributed by atoms with Crippen molar-refractivity contribution < 1.29 is 14.3 Å². The van der Waals surface area contributed by atoms with Crippen LogP contribution in [0.3, 0.4) is 0 Å². The zero-order chi connectivity index (χ0) is 21.7. The molecule has 2 aromatic heterocycles. The minimum Gasteiger partial charge on any atom is -0.444 e.